The van der Waals surface area contributed by atoms with E-state index in [-0.39, 0.29) is 11.8 Å². The van der Waals surface area contributed by atoms with Crippen molar-refractivity contribution in [3.8, 4) is 17.1 Å². The highest BCUT2D eigenvalue weighted by Gasteiger charge is 2.28. The van der Waals surface area contributed by atoms with E-state index in [1.54, 1.807) is 25.3 Å². The molecule has 0 radical (unpaired) electrons. The van der Waals surface area contributed by atoms with Crippen molar-refractivity contribution in [1.82, 2.24) is 15.0 Å². The molecule has 1 saturated heterocycles. The first kappa shape index (κ1) is 20.4. The first-order chi connectivity index (χ1) is 14.5. The van der Waals surface area contributed by atoms with Gasteiger partial charge in [0.25, 0.3) is 5.91 Å². The lowest BCUT2D eigenvalue weighted by atomic mass is 9.94. The minimum atomic E-state index is -0.0646. The predicted octanol–water partition coefficient (Wildman–Crippen LogP) is 4.80. The predicted molar refractivity (Wildman–Crippen MR) is 115 cm³/mol. The SMILES string of the molecule is COc1ccc(Cl)cc1C(=O)N1CCCC(Cc2nc(-c3ccccc3C)no2)C1. The maximum atomic E-state index is 13.1. The van der Waals surface area contributed by atoms with Crippen molar-refractivity contribution >= 4 is 17.5 Å². The van der Waals surface area contributed by atoms with Crippen LogP contribution in [-0.2, 0) is 6.42 Å². The van der Waals surface area contributed by atoms with E-state index in [0.717, 1.165) is 24.0 Å². The summed E-state index contributed by atoms with van der Waals surface area (Å²) in [4.78, 5) is 19.5. The van der Waals surface area contributed by atoms with E-state index in [1.807, 2.05) is 36.1 Å². The van der Waals surface area contributed by atoms with E-state index in [9.17, 15) is 4.79 Å². The van der Waals surface area contributed by atoms with Crippen molar-refractivity contribution in [1.29, 1.82) is 0 Å². The van der Waals surface area contributed by atoms with Gasteiger partial charge >= 0.3 is 0 Å². The topological polar surface area (TPSA) is 68.5 Å². The van der Waals surface area contributed by atoms with Gasteiger partial charge in [-0.25, -0.2) is 0 Å². The molecule has 1 atom stereocenters. The summed E-state index contributed by atoms with van der Waals surface area (Å²) < 4.78 is 10.9. The Balaban J connectivity index is 1.46. The van der Waals surface area contributed by atoms with Crippen LogP contribution >= 0.6 is 11.6 Å². The quantitative estimate of drug-likeness (QED) is 0.587. The number of likely N-dealkylation sites (tertiary alicyclic amines) is 1. The molecule has 4 rings (SSSR count). The lowest BCUT2D eigenvalue weighted by Crippen LogP contribution is -2.40. The molecule has 30 heavy (non-hydrogen) atoms. The average Bonchev–Trinajstić information content (AvgIpc) is 3.22. The van der Waals surface area contributed by atoms with Gasteiger partial charge in [0.05, 0.1) is 12.7 Å². The monoisotopic (exact) mass is 425 g/mol. The number of hydrogen-bond donors (Lipinski definition) is 0. The van der Waals surface area contributed by atoms with E-state index in [1.165, 1.54) is 0 Å². The van der Waals surface area contributed by atoms with Crippen molar-refractivity contribution in [2.75, 3.05) is 20.2 Å². The van der Waals surface area contributed by atoms with Crippen molar-refractivity contribution < 1.29 is 14.1 Å². The van der Waals surface area contributed by atoms with E-state index in [4.69, 9.17) is 20.9 Å². The van der Waals surface area contributed by atoms with Crippen molar-refractivity contribution in [2.24, 2.45) is 5.92 Å². The molecule has 2 heterocycles. The molecule has 1 aliphatic rings. The number of methoxy groups -OCH3 is 1. The Morgan fingerprint density at radius 2 is 2.13 bits per heavy atom. The van der Waals surface area contributed by atoms with Crippen LogP contribution in [0, 0.1) is 12.8 Å². The van der Waals surface area contributed by atoms with Gasteiger partial charge in [0.2, 0.25) is 11.7 Å². The zero-order chi connectivity index (χ0) is 21.1. The van der Waals surface area contributed by atoms with Gasteiger partial charge in [-0.2, -0.15) is 4.98 Å². The second-order valence-corrected chi connectivity index (χ2v) is 8.07. The number of amides is 1. The Bertz CT molecular complexity index is 1050. The van der Waals surface area contributed by atoms with Crippen LogP contribution < -0.4 is 4.74 Å². The summed E-state index contributed by atoms with van der Waals surface area (Å²) in [7, 11) is 1.56. The summed E-state index contributed by atoms with van der Waals surface area (Å²) in [6, 6.07) is 13.1. The van der Waals surface area contributed by atoms with Gasteiger partial charge in [0.15, 0.2) is 0 Å². The molecule has 0 spiro atoms. The number of aryl methyl sites for hydroxylation is 1. The normalized spacial score (nSPS) is 16.5. The molecule has 1 aliphatic heterocycles. The van der Waals surface area contributed by atoms with E-state index >= 15 is 0 Å². The fraction of sp³-hybridized carbons (Fsp3) is 0.348. The Morgan fingerprint density at radius 3 is 2.93 bits per heavy atom. The molecule has 1 aromatic heterocycles. The van der Waals surface area contributed by atoms with Crippen LogP contribution in [0.3, 0.4) is 0 Å². The number of carbonyl (C=O) groups is 1. The second-order valence-electron chi connectivity index (χ2n) is 7.63. The van der Waals surface area contributed by atoms with E-state index < -0.39 is 0 Å². The number of carbonyl (C=O) groups excluding carboxylic acids is 1. The van der Waals surface area contributed by atoms with Crippen molar-refractivity contribution in [3.63, 3.8) is 0 Å². The van der Waals surface area contributed by atoms with Crippen LogP contribution in [0.15, 0.2) is 47.0 Å². The van der Waals surface area contributed by atoms with Crippen LogP contribution in [0.4, 0.5) is 0 Å². The summed E-state index contributed by atoms with van der Waals surface area (Å²) in [5.41, 5.74) is 2.57. The number of rotatable bonds is 5. The molecule has 0 saturated carbocycles. The van der Waals surface area contributed by atoms with Gasteiger partial charge in [0.1, 0.15) is 5.75 Å². The lowest BCUT2D eigenvalue weighted by Gasteiger charge is -2.32. The Kier molecular flexibility index (Phi) is 6.04. The molecular formula is C23H24ClN3O3. The highest BCUT2D eigenvalue weighted by molar-refractivity contribution is 6.31. The third-order valence-electron chi connectivity index (χ3n) is 5.52. The lowest BCUT2D eigenvalue weighted by molar-refractivity contribution is 0.0665. The molecule has 0 N–H and O–H groups in total. The molecule has 2 aromatic carbocycles. The number of ether oxygens (including phenoxy) is 1. The zero-order valence-corrected chi connectivity index (χ0v) is 17.9. The van der Waals surface area contributed by atoms with Gasteiger partial charge in [0, 0.05) is 30.1 Å². The third kappa shape index (κ3) is 4.33. The highest BCUT2D eigenvalue weighted by Crippen LogP contribution is 2.28. The number of nitrogens with zero attached hydrogens (tertiary/aromatic N) is 3. The molecule has 0 aliphatic carbocycles. The van der Waals surface area contributed by atoms with Crippen molar-refractivity contribution in [2.45, 2.75) is 26.2 Å². The zero-order valence-electron chi connectivity index (χ0n) is 17.1. The molecule has 7 heteroatoms. The summed E-state index contributed by atoms with van der Waals surface area (Å²) in [5.74, 6) is 1.94. The Morgan fingerprint density at radius 1 is 1.30 bits per heavy atom. The van der Waals surface area contributed by atoms with Crippen LogP contribution in [0.2, 0.25) is 5.02 Å². The van der Waals surface area contributed by atoms with E-state index in [2.05, 4.69) is 10.1 Å². The minimum absolute atomic E-state index is 0.0646. The molecule has 3 aromatic rings. The summed E-state index contributed by atoms with van der Waals surface area (Å²) in [6.07, 6.45) is 2.59. The van der Waals surface area contributed by atoms with Crippen LogP contribution in [-0.4, -0.2) is 41.1 Å². The number of benzene rings is 2. The first-order valence-electron chi connectivity index (χ1n) is 10.1. The largest absolute Gasteiger partial charge is 0.496 e. The van der Waals surface area contributed by atoms with Gasteiger partial charge in [-0.1, -0.05) is 41.0 Å². The number of piperidine rings is 1. The van der Waals surface area contributed by atoms with Crippen LogP contribution in [0.25, 0.3) is 11.4 Å². The standard InChI is InChI=1S/C23H24ClN3O3/c1-15-6-3-4-8-18(15)22-25-21(30-26-22)12-16-7-5-11-27(14-16)23(28)19-13-17(24)9-10-20(19)29-2/h3-4,6,8-10,13,16H,5,7,11-12,14H2,1-2H3. The number of aromatic nitrogens is 2. The third-order valence-corrected chi connectivity index (χ3v) is 5.75. The van der Waals surface area contributed by atoms with Crippen LogP contribution in [0.1, 0.15) is 34.7 Å². The Hall–Kier alpha value is -2.86. The number of hydrogen-bond acceptors (Lipinski definition) is 5. The molecule has 156 valence electrons. The molecular weight excluding hydrogens is 402 g/mol. The smallest absolute Gasteiger partial charge is 0.257 e. The molecule has 1 fully saturated rings. The van der Waals surface area contributed by atoms with Crippen molar-refractivity contribution in [3.05, 3.63) is 64.5 Å². The van der Waals surface area contributed by atoms with Crippen LogP contribution in [0.5, 0.6) is 5.75 Å². The summed E-state index contributed by atoms with van der Waals surface area (Å²) in [6.45, 7) is 3.37. The number of halogens is 1. The van der Waals surface area contributed by atoms with Gasteiger partial charge < -0.3 is 14.2 Å². The van der Waals surface area contributed by atoms with Gasteiger partial charge in [-0.15, -0.1) is 0 Å². The minimum Gasteiger partial charge on any atom is -0.496 e. The average molecular weight is 426 g/mol. The fourth-order valence-electron chi connectivity index (χ4n) is 3.95. The fourth-order valence-corrected chi connectivity index (χ4v) is 4.12. The molecule has 6 nitrogen and oxygen atoms in total. The maximum Gasteiger partial charge on any atom is 0.257 e. The molecule has 0 bridgehead atoms. The summed E-state index contributed by atoms with van der Waals surface area (Å²) >= 11 is 6.10. The van der Waals surface area contributed by atoms with Gasteiger partial charge in [-0.05, 0) is 49.4 Å². The van der Waals surface area contributed by atoms with E-state index in [0.29, 0.717) is 47.6 Å². The first-order valence-corrected chi connectivity index (χ1v) is 10.4. The second kappa shape index (κ2) is 8.88. The molecule has 1 unspecified atom stereocenters. The summed E-state index contributed by atoms with van der Waals surface area (Å²) in [5, 5.41) is 4.67. The molecule has 1 amide bonds. The Labute approximate surface area is 180 Å². The highest BCUT2D eigenvalue weighted by atomic mass is 35.5. The van der Waals surface area contributed by atoms with Gasteiger partial charge in [-0.3, -0.25) is 4.79 Å². The maximum absolute atomic E-state index is 13.1.